The molecule has 5 heteroatoms. The van der Waals surface area contributed by atoms with Gasteiger partial charge in [-0.25, -0.2) is 0 Å². The summed E-state index contributed by atoms with van der Waals surface area (Å²) >= 11 is 3.32. The van der Waals surface area contributed by atoms with E-state index < -0.39 is 0 Å². The summed E-state index contributed by atoms with van der Waals surface area (Å²) < 4.78 is 0.948. The summed E-state index contributed by atoms with van der Waals surface area (Å²) in [5.74, 6) is -0.311. The van der Waals surface area contributed by atoms with E-state index in [9.17, 15) is 4.79 Å². The minimum atomic E-state index is -0.311. The fourth-order valence-electron chi connectivity index (χ4n) is 1.23. The molecule has 0 aliphatic heterocycles. The number of primary amides is 1. The van der Waals surface area contributed by atoms with E-state index in [4.69, 9.17) is 5.73 Å². The molecule has 0 aromatic carbocycles. The number of carbonyl (C=O) groups excluding carboxylic acids is 1. The van der Waals surface area contributed by atoms with Crippen LogP contribution in [0.5, 0.6) is 0 Å². The van der Waals surface area contributed by atoms with Gasteiger partial charge in [-0.15, -0.1) is 0 Å². The summed E-state index contributed by atoms with van der Waals surface area (Å²) in [7, 11) is 0. The largest absolute Gasteiger partial charge is 0.369 e. The van der Waals surface area contributed by atoms with Gasteiger partial charge in [0.05, 0.1) is 12.2 Å². The molecule has 0 bridgehead atoms. The molecule has 82 valence electrons. The molecular weight excluding hydrogens is 258 g/mol. The number of halogens is 1. The van der Waals surface area contributed by atoms with Gasteiger partial charge >= 0.3 is 0 Å². The highest BCUT2D eigenvalue weighted by Crippen LogP contribution is 2.08. The van der Waals surface area contributed by atoms with Crippen LogP contribution in [0.25, 0.3) is 0 Å². The first-order valence-electron chi connectivity index (χ1n) is 4.73. The predicted molar refractivity (Wildman–Crippen MR) is 62.1 cm³/mol. The maximum Gasteiger partial charge on any atom is 0.231 e. The van der Waals surface area contributed by atoms with Crippen molar-refractivity contribution < 1.29 is 4.79 Å². The summed E-state index contributed by atoms with van der Waals surface area (Å²) in [5.41, 5.74) is 6.07. The summed E-state index contributed by atoms with van der Waals surface area (Å²) in [6, 6.07) is 3.86. The van der Waals surface area contributed by atoms with Crippen LogP contribution in [-0.4, -0.2) is 28.9 Å². The molecule has 1 aromatic rings. The topological polar surface area (TPSA) is 59.2 Å². The van der Waals surface area contributed by atoms with Gasteiger partial charge < -0.3 is 5.73 Å². The number of rotatable bonds is 5. The van der Waals surface area contributed by atoms with Crippen LogP contribution in [0.3, 0.4) is 0 Å². The third-order valence-corrected chi connectivity index (χ3v) is 2.47. The number of nitrogens with two attached hydrogens (primary N) is 1. The molecule has 0 fully saturated rings. The zero-order valence-corrected chi connectivity index (χ0v) is 10.2. The van der Waals surface area contributed by atoms with Crippen LogP contribution in [0, 0.1) is 0 Å². The van der Waals surface area contributed by atoms with Crippen LogP contribution in [0.4, 0.5) is 0 Å². The number of nitrogens with zero attached hydrogens (tertiary/aromatic N) is 2. The van der Waals surface area contributed by atoms with Crippen molar-refractivity contribution in [1.29, 1.82) is 0 Å². The first-order valence-corrected chi connectivity index (χ1v) is 5.52. The minimum absolute atomic E-state index is 0.272. The predicted octanol–water partition coefficient (Wildman–Crippen LogP) is 1.15. The Morgan fingerprint density at radius 1 is 1.60 bits per heavy atom. The van der Waals surface area contributed by atoms with Crippen molar-refractivity contribution in [3.63, 3.8) is 0 Å². The Hall–Kier alpha value is -0.940. The van der Waals surface area contributed by atoms with Crippen LogP contribution in [0.2, 0.25) is 0 Å². The molecule has 0 spiro atoms. The highest BCUT2D eigenvalue weighted by Gasteiger charge is 2.07. The fourth-order valence-corrected chi connectivity index (χ4v) is 1.46. The highest BCUT2D eigenvalue weighted by molar-refractivity contribution is 9.10. The Bertz CT molecular complexity index is 326. The van der Waals surface area contributed by atoms with Gasteiger partial charge in [0.25, 0.3) is 0 Å². The lowest BCUT2D eigenvalue weighted by Crippen LogP contribution is -2.33. The van der Waals surface area contributed by atoms with Crippen molar-refractivity contribution in [2.24, 2.45) is 5.73 Å². The lowest BCUT2D eigenvalue weighted by atomic mass is 10.3. The first kappa shape index (κ1) is 12.1. The molecule has 0 atom stereocenters. The quantitative estimate of drug-likeness (QED) is 0.874. The number of hydrogen-bond acceptors (Lipinski definition) is 3. The Kier molecular flexibility index (Phi) is 4.71. The summed E-state index contributed by atoms with van der Waals surface area (Å²) in [6.07, 6.45) is 1.74. The van der Waals surface area contributed by atoms with Crippen molar-refractivity contribution in [2.45, 2.75) is 13.5 Å². The third-order valence-electron chi connectivity index (χ3n) is 2.00. The zero-order chi connectivity index (χ0) is 11.3. The van der Waals surface area contributed by atoms with Gasteiger partial charge in [-0.05, 0) is 34.6 Å². The molecule has 1 heterocycles. The van der Waals surface area contributed by atoms with Crippen LogP contribution in [0.15, 0.2) is 22.8 Å². The minimum Gasteiger partial charge on any atom is -0.369 e. The molecule has 0 aliphatic rings. The lowest BCUT2D eigenvalue weighted by Gasteiger charge is -2.17. The molecule has 2 N–H and O–H groups in total. The zero-order valence-electron chi connectivity index (χ0n) is 8.61. The molecule has 0 radical (unpaired) electrons. The van der Waals surface area contributed by atoms with Crippen LogP contribution < -0.4 is 5.73 Å². The molecule has 15 heavy (non-hydrogen) atoms. The van der Waals surface area contributed by atoms with Crippen molar-refractivity contribution in [3.8, 4) is 0 Å². The number of amides is 1. The number of likely N-dealkylation sites (N-methyl/N-ethyl adjacent to an activating group) is 1. The van der Waals surface area contributed by atoms with Gasteiger partial charge in [0, 0.05) is 17.2 Å². The van der Waals surface area contributed by atoms with Gasteiger partial charge in [0.1, 0.15) is 0 Å². The molecule has 1 amide bonds. The Morgan fingerprint density at radius 3 is 2.80 bits per heavy atom. The maximum atomic E-state index is 10.8. The normalized spacial score (nSPS) is 10.6. The SMILES string of the molecule is CCN(CC(N)=O)Cc1ccc(Br)cn1. The first-order chi connectivity index (χ1) is 7.11. The Labute approximate surface area is 97.6 Å². The second-order valence-corrected chi connectivity index (χ2v) is 4.15. The Balaban J connectivity index is 2.58. The summed E-state index contributed by atoms with van der Waals surface area (Å²) in [5, 5.41) is 0. The van der Waals surface area contributed by atoms with Gasteiger partial charge in [-0.1, -0.05) is 6.92 Å². The molecule has 0 unspecified atom stereocenters. The number of hydrogen-bond donors (Lipinski definition) is 1. The second-order valence-electron chi connectivity index (χ2n) is 3.24. The van der Waals surface area contributed by atoms with E-state index in [1.54, 1.807) is 6.20 Å². The number of carbonyl (C=O) groups is 1. The highest BCUT2D eigenvalue weighted by atomic mass is 79.9. The maximum absolute atomic E-state index is 10.8. The van der Waals surface area contributed by atoms with Gasteiger partial charge in [0.15, 0.2) is 0 Å². The lowest BCUT2D eigenvalue weighted by molar-refractivity contribution is -0.119. The fraction of sp³-hybridized carbons (Fsp3) is 0.400. The van der Waals surface area contributed by atoms with Crippen molar-refractivity contribution in [3.05, 3.63) is 28.5 Å². The van der Waals surface area contributed by atoms with E-state index in [-0.39, 0.29) is 12.5 Å². The van der Waals surface area contributed by atoms with E-state index >= 15 is 0 Å². The summed E-state index contributed by atoms with van der Waals surface area (Å²) in [4.78, 5) is 16.9. The van der Waals surface area contributed by atoms with Crippen molar-refractivity contribution >= 4 is 21.8 Å². The monoisotopic (exact) mass is 271 g/mol. The smallest absolute Gasteiger partial charge is 0.231 e. The molecule has 0 aliphatic carbocycles. The molecular formula is C10H14BrN3O. The second kappa shape index (κ2) is 5.82. The van der Waals surface area contributed by atoms with E-state index in [1.165, 1.54) is 0 Å². The van der Waals surface area contributed by atoms with Gasteiger partial charge in [-0.3, -0.25) is 14.7 Å². The molecule has 4 nitrogen and oxygen atoms in total. The Morgan fingerprint density at radius 2 is 2.33 bits per heavy atom. The summed E-state index contributed by atoms with van der Waals surface area (Å²) in [6.45, 7) is 3.68. The van der Waals surface area contributed by atoms with Gasteiger partial charge in [-0.2, -0.15) is 0 Å². The van der Waals surface area contributed by atoms with Crippen molar-refractivity contribution in [1.82, 2.24) is 9.88 Å². The molecule has 0 saturated carbocycles. The average Bonchev–Trinajstić information content (AvgIpc) is 2.19. The molecule has 1 rings (SSSR count). The molecule has 0 saturated heterocycles. The van der Waals surface area contributed by atoms with E-state index in [2.05, 4.69) is 20.9 Å². The average molecular weight is 272 g/mol. The van der Waals surface area contributed by atoms with Crippen LogP contribution in [-0.2, 0) is 11.3 Å². The van der Waals surface area contributed by atoms with E-state index in [0.717, 1.165) is 16.7 Å². The number of pyridine rings is 1. The third kappa shape index (κ3) is 4.40. The van der Waals surface area contributed by atoms with E-state index in [0.29, 0.717) is 6.54 Å². The van der Waals surface area contributed by atoms with Crippen LogP contribution >= 0.6 is 15.9 Å². The number of aromatic nitrogens is 1. The van der Waals surface area contributed by atoms with E-state index in [1.807, 2.05) is 24.0 Å². The molecule has 1 aromatic heterocycles. The van der Waals surface area contributed by atoms with Crippen molar-refractivity contribution in [2.75, 3.05) is 13.1 Å². The van der Waals surface area contributed by atoms with Gasteiger partial charge in [0.2, 0.25) is 5.91 Å². The van der Waals surface area contributed by atoms with Crippen LogP contribution in [0.1, 0.15) is 12.6 Å². The standard InChI is InChI=1S/C10H14BrN3O/c1-2-14(7-10(12)15)6-9-4-3-8(11)5-13-9/h3-5H,2,6-7H2,1H3,(H2,12,15).